The van der Waals surface area contributed by atoms with Crippen molar-refractivity contribution in [1.82, 2.24) is 9.38 Å². The highest BCUT2D eigenvalue weighted by Crippen LogP contribution is 2.16. The second-order valence-corrected chi connectivity index (χ2v) is 5.37. The van der Waals surface area contributed by atoms with E-state index >= 15 is 0 Å². The van der Waals surface area contributed by atoms with Crippen LogP contribution in [0.1, 0.15) is 21.6 Å². The van der Waals surface area contributed by atoms with Gasteiger partial charge in [-0.2, -0.15) is 0 Å². The van der Waals surface area contributed by atoms with E-state index in [-0.39, 0.29) is 5.91 Å². The number of anilines is 1. The highest BCUT2D eigenvalue weighted by atomic mass is 32.1. The van der Waals surface area contributed by atoms with E-state index in [1.54, 1.807) is 0 Å². The van der Waals surface area contributed by atoms with Crippen molar-refractivity contribution in [2.75, 3.05) is 5.32 Å². The number of rotatable bonds is 2. The highest BCUT2D eigenvalue weighted by molar-refractivity contribution is 7.13. The molecule has 0 spiro atoms. The van der Waals surface area contributed by atoms with E-state index in [0.717, 1.165) is 11.2 Å². The molecule has 0 saturated carbocycles. The molecule has 3 heterocycles. The van der Waals surface area contributed by atoms with E-state index in [0.29, 0.717) is 10.7 Å². The molecule has 0 fully saturated rings. The lowest BCUT2D eigenvalue weighted by molar-refractivity contribution is 0.102. The Kier molecular flexibility index (Phi) is 2.83. The van der Waals surface area contributed by atoms with E-state index in [9.17, 15) is 4.79 Å². The van der Waals surface area contributed by atoms with Crippen molar-refractivity contribution in [2.24, 2.45) is 0 Å². The van der Waals surface area contributed by atoms with Gasteiger partial charge in [-0.1, -0.05) is 0 Å². The number of fused-ring (bicyclic) bond motifs is 1. The minimum Gasteiger partial charge on any atom is -0.323 e. The number of pyridine rings is 1. The monoisotopic (exact) mass is 271 g/mol. The summed E-state index contributed by atoms with van der Waals surface area (Å²) in [5.41, 5.74) is 3.79. The molecule has 4 nitrogen and oxygen atoms in total. The molecule has 0 radical (unpaired) electrons. The third-order valence-corrected chi connectivity index (χ3v) is 3.71. The number of amides is 1. The van der Waals surface area contributed by atoms with E-state index in [4.69, 9.17) is 0 Å². The van der Waals surface area contributed by atoms with Crippen LogP contribution in [0, 0.1) is 13.8 Å². The van der Waals surface area contributed by atoms with Gasteiger partial charge in [0.2, 0.25) is 0 Å². The van der Waals surface area contributed by atoms with Gasteiger partial charge >= 0.3 is 0 Å². The predicted molar refractivity (Wildman–Crippen MR) is 76.9 cm³/mol. The SMILES string of the molecule is Cc1cc2ccc(C(=O)Nc3nc(C)cs3)cn2c1. The second-order valence-electron chi connectivity index (χ2n) is 4.52. The zero-order chi connectivity index (χ0) is 13.4. The summed E-state index contributed by atoms with van der Waals surface area (Å²) < 4.78 is 1.96. The minimum atomic E-state index is -0.136. The first-order chi connectivity index (χ1) is 9.11. The van der Waals surface area contributed by atoms with Crippen LogP contribution in [0.2, 0.25) is 0 Å². The number of carbonyl (C=O) groups is 1. The van der Waals surface area contributed by atoms with Crippen LogP contribution in [0.5, 0.6) is 0 Å². The van der Waals surface area contributed by atoms with Crippen molar-refractivity contribution < 1.29 is 4.79 Å². The molecule has 1 N–H and O–H groups in total. The van der Waals surface area contributed by atoms with E-state index in [1.165, 1.54) is 16.9 Å². The average molecular weight is 271 g/mol. The first-order valence-corrected chi connectivity index (χ1v) is 6.81. The lowest BCUT2D eigenvalue weighted by Crippen LogP contribution is -2.12. The summed E-state index contributed by atoms with van der Waals surface area (Å²) in [6.07, 6.45) is 3.83. The van der Waals surface area contributed by atoms with Crippen molar-refractivity contribution in [3.05, 3.63) is 52.8 Å². The van der Waals surface area contributed by atoms with Crippen LogP contribution in [0.25, 0.3) is 5.52 Å². The molecule has 96 valence electrons. The first-order valence-electron chi connectivity index (χ1n) is 5.94. The number of nitrogens with one attached hydrogen (secondary N) is 1. The van der Waals surface area contributed by atoms with Gasteiger partial charge in [-0.3, -0.25) is 10.1 Å². The number of carbonyl (C=O) groups excluding carboxylic acids is 1. The summed E-state index contributed by atoms with van der Waals surface area (Å²) in [5, 5.41) is 5.35. The Labute approximate surface area is 114 Å². The fraction of sp³-hybridized carbons (Fsp3) is 0.143. The molecule has 19 heavy (non-hydrogen) atoms. The van der Waals surface area contributed by atoms with Crippen molar-refractivity contribution in [3.63, 3.8) is 0 Å². The molecular weight excluding hydrogens is 258 g/mol. The molecule has 3 rings (SSSR count). The summed E-state index contributed by atoms with van der Waals surface area (Å²) >= 11 is 1.43. The number of hydrogen-bond donors (Lipinski definition) is 1. The van der Waals surface area contributed by atoms with Crippen molar-refractivity contribution in [3.8, 4) is 0 Å². The standard InChI is InChI=1S/C14H13N3OS/c1-9-5-12-4-3-11(7-17(12)6-9)13(18)16-14-15-10(2)8-19-14/h3-8H,1-2H3,(H,15,16,18). The molecule has 5 heteroatoms. The fourth-order valence-electron chi connectivity index (χ4n) is 1.97. The number of aromatic nitrogens is 2. The van der Waals surface area contributed by atoms with Gasteiger partial charge in [0.15, 0.2) is 5.13 Å². The lowest BCUT2D eigenvalue weighted by Gasteiger charge is -2.03. The van der Waals surface area contributed by atoms with Gasteiger partial charge in [0.25, 0.3) is 5.91 Å². The van der Waals surface area contributed by atoms with E-state index in [2.05, 4.69) is 16.4 Å². The average Bonchev–Trinajstić information content (AvgIpc) is 2.93. The van der Waals surface area contributed by atoms with Crippen LogP contribution in [0.3, 0.4) is 0 Å². The summed E-state index contributed by atoms with van der Waals surface area (Å²) in [6.45, 7) is 3.94. The molecule has 3 aromatic rings. The van der Waals surface area contributed by atoms with Gasteiger partial charge in [0.05, 0.1) is 11.3 Å². The lowest BCUT2D eigenvalue weighted by atomic mass is 10.2. The van der Waals surface area contributed by atoms with Gasteiger partial charge < -0.3 is 4.40 Å². The maximum Gasteiger partial charge on any atom is 0.258 e. The van der Waals surface area contributed by atoms with Gasteiger partial charge in [-0.15, -0.1) is 11.3 Å². The second kappa shape index (κ2) is 4.51. The smallest absolute Gasteiger partial charge is 0.258 e. The summed E-state index contributed by atoms with van der Waals surface area (Å²) in [6, 6.07) is 5.84. The van der Waals surface area contributed by atoms with Gasteiger partial charge in [-0.05, 0) is 37.6 Å². The molecule has 0 aliphatic heterocycles. The van der Waals surface area contributed by atoms with Gasteiger partial charge in [-0.25, -0.2) is 4.98 Å². The Hall–Kier alpha value is -2.14. The van der Waals surface area contributed by atoms with Crippen LogP contribution in [-0.2, 0) is 0 Å². The zero-order valence-corrected chi connectivity index (χ0v) is 11.5. The Bertz CT molecular complexity index is 757. The third-order valence-electron chi connectivity index (χ3n) is 2.83. The largest absolute Gasteiger partial charge is 0.323 e. The summed E-state index contributed by atoms with van der Waals surface area (Å²) in [4.78, 5) is 16.3. The number of nitrogens with zero attached hydrogens (tertiary/aromatic N) is 2. The molecule has 0 aromatic carbocycles. The Morgan fingerprint density at radius 2 is 2.16 bits per heavy atom. The van der Waals surface area contributed by atoms with Crippen molar-refractivity contribution in [1.29, 1.82) is 0 Å². The van der Waals surface area contributed by atoms with Crippen LogP contribution in [0.15, 0.2) is 36.0 Å². The molecule has 0 aliphatic carbocycles. The molecule has 0 bridgehead atoms. The predicted octanol–water partition coefficient (Wildman–Crippen LogP) is 3.26. The van der Waals surface area contributed by atoms with Crippen LogP contribution < -0.4 is 5.32 Å². The van der Waals surface area contributed by atoms with Crippen molar-refractivity contribution >= 4 is 27.9 Å². The van der Waals surface area contributed by atoms with Gasteiger partial charge in [0.1, 0.15) is 0 Å². The molecule has 0 unspecified atom stereocenters. The Balaban J connectivity index is 1.88. The molecule has 0 aliphatic rings. The zero-order valence-electron chi connectivity index (χ0n) is 10.7. The number of aryl methyl sites for hydroxylation is 2. The normalized spacial score (nSPS) is 10.8. The minimum absolute atomic E-state index is 0.136. The third kappa shape index (κ3) is 2.37. The van der Waals surface area contributed by atoms with Crippen molar-refractivity contribution in [2.45, 2.75) is 13.8 Å². The topological polar surface area (TPSA) is 46.4 Å². The van der Waals surface area contributed by atoms with E-state index in [1.807, 2.05) is 48.2 Å². The van der Waals surface area contributed by atoms with E-state index < -0.39 is 0 Å². The fourth-order valence-corrected chi connectivity index (χ4v) is 2.65. The van der Waals surface area contributed by atoms with Crippen LogP contribution >= 0.6 is 11.3 Å². The molecule has 3 aromatic heterocycles. The number of thiazole rings is 1. The highest BCUT2D eigenvalue weighted by Gasteiger charge is 2.09. The summed E-state index contributed by atoms with van der Waals surface area (Å²) in [5.74, 6) is -0.136. The van der Waals surface area contributed by atoms with Crippen LogP contribution in [0.4, 0.5) is 5.13 Å². The quantitative estimate of drug-likeness (QED) is 0.777. The van der Waals surface area contributed by atoms with Crippen LogP contribution in [-0.4, -0.2) is 15.3 Å². The maximum absolute atomic E-state index is 12.1. The Morgan fingerprint density at radius 3 is 2.89 bits per heavy atom. The summed E-state index contributed by atoms with van der Waals surface area (Å²) in [7, 11) is 0. The molecule has 0 saturated heterocycles. The molecule has 0 atom stereocenters. The van der Waals surface area contributed by atoms with Gasteiger partial charge in [0, 0.05) is 23.3 Å². The molecule has 1 amide bonds. The molecular formula is C14H13N3OS. The maximum atomic E-state index is 12.1. The Morgan fingerprint density at radius 1 is 1.32 bits per heavy atom. The number of hydrogen-bond acceptors (Lipinski definition) is 3. The first kappa shape index (κ1) is 11.9.